The first-order valence-electron chi connectivity index (χ1n) is 6.95. The highest BCUT2D eigenvalue weighted by Gasteiger charge is 2.14. The summed E-state index contributed by atoms with van der Waals surface area (Å²) in [6.07, 6.45) is 0.883. The molecule has 0 unspecified atom stereocenters. The number of rotatable bonds is 4. The highest BCUT2D eigenvalue weighted by atomic mass is 16.2. The van der Waals surface area contributed by atoms with Gasteiger partial charge in [0.1, 0.15) is 0 Å². The van der Waals surface area contributed by atoms with Crippen LogP contribution in [-0.2, 0) is 6.42 Å². The van der Waals surface area contributed by atoms with Crippen LogP contribution in [0.2, 0.25) is 0 Å². The average molecular weight is 267 g/mol. The van der Waals surface area contributed by atoms with E-state index in [1.165, 1.54) is 5.56 Å². The molecule has 2 aromatic rings. The minimum Gasteiger partial charge on any atom is -0.341 e. The molecule has 0 aliphatic carbocycles. The van der Waals surface area contributed by atoms with Crippen LogP contribution in [0.25, 0.3) is 0 Å². The Bertz CT molecular complexity index is 590. The largest absolute Gasteiger partial charge is 0.341 e. The zero-order valence-corrected chi connectivity index (χ0v) is 12.4. The summed E-state index contributed by atoms with van der Waals surface area (Å²) in [6, 6.07) is 16.1. The fourth-order valence-electron chi connectivity index (χ4n) is 2.23. The molecule has 0 fully saturated rings. The van der Waals surface area contributed by atoms with Crippen LogP contribution in [0.4, 0.5) is 0 Å². The van der Waals surface area contributed by atoms with E-state index in [1.807, 2.05) is 57.3 Å². The summed E-state index contributed by atoms with van der Waals surface area (Å²) in [4.78, 5) is 14.3. The van der Waals surface area contributed by atoms with E-state index in [1.54, 1.807) is 4.90 Å². The molecule has 2 aromatic carbocycles. The molecular formula is C18H21NO. The van der Waals surface area contributed by atoms with Gasteiger partial charge in [-0.15, -0.1) is 0 Å². The Morgan fingerprint density at radius 3 is 2.40 bits per heavy atom. The van der Waals surface area contributed by atoms with Crippen molar-refractivity contribution in [3.63, 3.8) is 0 Å². The predicted octanol–water partition coefficient (Wildman–Crippen LogP) is 3.62. The third-order valence-corrected chi connectivity index (χ3v) is 3.76. The zero-order valence-electron chi connectivity index (χ0n) is 12.4. The minimum absolute atomic E-state index is 0.0992. The summed E-state index contributed by atoms with van der Waals surface area (Å²) in [5, 5.41) is 0. The van der Waals surface area contributed by atoms with Crippen LogP contribution < -0.4 is 0 Å². The molecule has 1 amide bonds. The van der Waals surface area contributed by atoms with Gasteiger partial charge >= 0.3 is 0 Å². The van der Waals surface area contributed by atoms with E-state index >= 15 is 0 Å². The van der Waals surface area contributed by atoms with Gasteiger partial charge in [0.05, 0.1) is 0 Å². The van der Waals surface area contributed by atoms with Crippen molar-refractivity contribution < 1.29 is 4.79 Å². The summed E-state index contributed by atoms with van der Waals surface area (Å²) in [5.74, 6) is 0.0992. The molecule has 0 saturated carbocycles. The van der Waals surface area contributed by atoms with Crippen LogP contribution >= 0.6 is 0 Å². The third-order valence-electron chi connectivity index (χ3n) is 3.76. The molecule has 2 rings (SSSR count). The van der Waals surface area contributed by atoms with Crippen LogP contribution in [0.5, 0.6) is 0 Å². The summed E-state index contributed by atoms with van der Waals surface area (Å²) < 4.78 is 0. The maximum Gasteiger partial charge on any atom is 0.253 e. The quantitative estimate of drug-likeness (QED) is 0.828. The molecular weight excluding hydrogens is 246 g/mol. The van der Waals surface area contributed by atoms with E-state index < -0.39 is 0 Å². The molecule has 0 spiro atoms. The SMILES string of the molecule is Cc1cccc(C(=O)N(C)CCc2ccccc2)c1C. The lowest BCUT2D eigenvalue weighted by atomic mass is 10.0. The van der Waals surface area contributed by atoms with Gasteiger partial charge in [-0.1, -0.05) is 42.5 Å². The lowest BCUT2D eigenvalue weighted by Gasteiger charge is -2.19. The first-order valence-corrected chi connectivity index (χ1v) is 6.95. The molecule has 0 saturated heterocycles. The first kappa shape index (κ1) is 14.3. The number of amides is 1. The molecule has 0 N–H and O–H groups in total. The first-order chi connectivity index (χ1) is 9.59. The fourth-order valence-corrected chi connectivity index (χ4v) is 2.23. The Hall–Kier alpha value is -2.09. The number of carbonyl (C=O) groups excluding carboxylic acids is 1. The Labute approximate surface area is 121 Å². The van der Waals surface area contributed by atoms with Crippen LogP contribution in [0, 0.1) is 13.8 Å². The second kappa shape index (κ2) is 6.38. The number of hydrogen-bond donors (Lipinski definition) is 0. The summed E-state index contributed by atoms with van der Waals surface area (Å²) in [5.41, 5.74) is 4.30. The molecule has 0 bridgehead atoms. The van der Waals surface area contributed by atoms with Crippen LogP contribution in [0.15, 0.2) is 48.5 Å². The Morgan fingerprint density at radius 2 is 1.70 bits per heavy atom. The number of carbonyl (C=O) groups is 1. The van der Waals surface area contributed by atoms with Gasteiger partial charge in [0.15, 0.2) is 0 Å². The van der Waals surface area contributed by atoms with Crippen LogP contribution in [0.1, 0.15) is 27.0 Å². The Balaban J connectivity index is 2.04. The van der Waals surface area contributed by atoms with Crippen LogP contribution in [-0.4, -0.2) is 24.4 Å². The topological polar surface area (TPSA) is 20.3 Å². The number of hydrogen-bond acceptors (Lipinski definition) is 1. The standard InChI is InChI=1S/C18H21NO/c1-14-8-7-11-17(15(14)2)18(20)19(3)13-12-16-9-5-4-6-10-16/h4-11H,12-13H2,1-3H3. The van der Waals surface area contributed by atoms with Gasteiger partial charge in [-0.2, -0.15) is 0 Å². The normalized spacial score (nSPS) is 10.3. The van der Waals surface area contributed by atoms with Crippen molar-refractivity contribution in [2.45, 2.75) is 20.3 Å². The van der Waals surface area contributed by atoms with E-state index in [9.17, 15) is 4.79 Å². The van der Waals surface area contributed by atoms with Gasteiger partial charge in [-0.25, -0.2) is 0 Å². The molecule has 2 nitrogen and oxygen atoms in total. The van der Waals surface area contributed by atoms with E-state index in [4.69, 9.17) is 0 Å². The summed E-state index contributed by atoms with van der Waals surface area (Å²) >= 11 is 0. The van der Waals surface area contributed by atoms with Gasteiger partial charge in [-0.3, -0.25) is 4.79 Å². The smallest absolute Gasteiger partial charge is 0.253 e. The fraction of sp³-hybridized carbons (Fsp3) is 0.278. The minimum atomic E-state index is 0.0992. The second-order valence-corrected chi connectivity index (χ2v) is 5.21. The van der Waals surface area contributed by atoms with Crippen molar-refractivity contribution in [2.75, 3.05) is 13.6 Å². The van der Waals surface area contributed by atoms with Crippen molar-refractivity contribution in [1.29, 1.82) is 0 Å². The zero-order chi connectivity index (χ0) is 14.5. The molecule has 0 radical (unpaired) electrons. The van der Waals surface area contributed by atoms with Gasteiger partial charge in [-0.05, 0) is 43.0 Å². The number of benzene rings is 2. The van der Waals surface area contributed by atoms with Gasteiger partial charge in [0, 0.05) is 19.2 Å². The molecule has 0 aliphatic heterocycles. The second-order valence-electron chi connectivity index (χ2n) is 5.21. The van der Waals surface area contributed by atoms with E-state index in [0.29, 0.717) is 0 Å². The highest BCUT2D eigenvalue weighted by molar-refractivity contribution is 5.95. The van der Waals surface area contributed by atoms with Crippen molar-refractivity contribution >= 4 is 5.91 Å². The molecule has 0 atom stereocenters. The highest BCUT2D eigenvalue weighted by Crippen LogP contribution is 2.14. The molecule has 20 heavy (non-hydrogen) atoms. The lowest BCUT2D eigenvalue weighted by molar-refractivity contribution is 0.0796. The molecule has 104 valence electrons. The van der Waals surface area contributed by atoms with Crippen molar-refractivity contribution in [1.82, 2.24) is 4.90 Å². The molecule has 2 heteroatoms. The van der Waals surface area contributed by atoms with Crippen LogP contribution in [0.3, 0.4) is 0 Å². The van der Waals surface area contributed by atoms with Crippen molar-refractivity contribution in [3.05, 3.63) is 70.8 Å². The van der Waals surface area contributed by atoms with E-state index in [0.717, 1.165) is 29.7 Å². The number of nitrogens with zero attached hydrogens (tertiary/aromatic N) is 1. The number of likely N-dealkylation sites (N-methyl/N-ethyl adjacent to an activating group) is 1. The van der Waals surface area contributed by atoms with Crippen molar-refractivity contribution in [2.24, 2.45) is 0 Å². The van der Waals surface area contributed by atoms with E-state index in [2.05, 4.69) is 12.1 Å². The van der Waals surface area contributed by atoms with Gasteiger partial charge in [0.2, 0.25) is 0 Å². The average Bonchev–Trinajstić information content (AvgIpc) is 2.48. The maximum atomic E-state index is 12.5. The summed E-state index contributed by atoms with van der Waals surface area (Å²) in [6.45, 7) is 4.78. The lowest BCUT2D eigenvalue weighted by Crippen LogP contribution is -2.29. The Morgan fingerprint density at radius 1 is 1.00 bits per heavy atom. The summed E-state index contributed by atoms with van der Waals surface area (Å²) in [7, 11) is 1.87. The predicted molar refractivity (Wildman–Crippen MR) is 83.0 cm³/mol. The van der Waals surface area contributed by atoms with Crippen molar-refractivity contribution in [3.8, 4) is 0 Å². The Kier molecular flexibility index (Phi) is 4.57. The van der Waals surface area contributed by atoms with Gasteiger partial charge < -0.3 is 4.90 Å². The van der Waals surface area contributed by atoms with E-state index in [-0.39, 0.29) is 5.91 Å². The monoisotopic (exact) mass is 267 g/mol. The molecule has 0 aromatic heterocycles. The molecule has 0 aliphatic rings. The van der Waals surface area contributed by atoms with Gasteiger partial charge in [0.25, 0.3) is 5.91 Å². The third kappa shape index (κ3) is 3.27. The number of aryl methyl sites for hydroxylation is 1. The maximum absolute atomic E-state index is 12.5. The molecule has 0 heterocycles.